The van der Waals surface area contributed by atoms with Gasteiger partial charge in [-0.25, -0.2) is 9.78 Å². The number of esters is 1. The molecule has 1 atom stereocenters. The minimum absolute atomic E-state index is 0.162. The van der Waals surface area contributed by atoms with E-state index in [4.69, 9.17) is 4.74 Å². The van der Waals surface area contributed by atoms with Crippen molar-refractivity contribution >= 4 is 35.2 Å². The lowest BCUT2D eigenvalue weighted by Gasteiger charge is -2.38. The average Bonchev–Trinajstić information content (AvgIpc) is 2.91. The van der Waals surface area contributed by atoms with Crippen LogP contribution in [0.5, 0.6) is 0 Å². The first-order valence-electron chi connectivity index (χ1n) is 12.5. The van der Waals surface area contributed by atoms with E-state index in [1.807, 2.05) is 18.2 Å². The van der Waals surface area contributed by atoms with Crippen LogP contribution in [0.2, 0.25) is 0 Å². The van der Waals surface area contributed by atoms with Gasteiger partial charge in [0.05, 0.1) is 25.1 Å². The van der Waals surface area contributed by atoms with Gasteiger partial charge in [0.25, 0.3) is 0 Å². The van der Waals surface area contributed by atoms with E-state index >= 15 is 0 Å². The summed E-state index contributed by atoms with van der Waals surface area (Å²) in [6.07, 6.45) is 1.60. The third kappa shape index (κ3) is 6.82. The van der Waals surface area contributed by atoms with E-state index < -0.39 is 17.9 Å². The zero-order chi connectivity index (χ0) is 26.2. The van der Waals surface area contributed by atoms with E-state index in [0.717, 1.165) is 18.9 Å². The lowest BCUT2D eigenvalue weighted by molar-refractivity contribution is -0.145. The van der Waals surface area contributed by atoms with Crippen molar-refractivity contribution in [2.45, 2.75) is 19.4 Å². The summed E-state index contributed by atoms with van der Waals surface area (Å²) in [6, 6.07) is 11.2. The fourth-order valence-corrected chi connectivity index (χ4v) is 4.47. The molecule has 11 heteroatoms. The molecule has 0 unspecified atom stereocenters. The van der Waals surface area contributed by atoms with E-state index in [9.17, 15) is 19.2 Å². The molecule has 2 aliphatic rings. The number of carbonyl (C=O) groups is 4. The highest BCUT2D eigenvalue weighted by molar-refractivity contribution is 5.98. The summed E-state index contributed by atoms with van der Waals surface area (Å²) in [4.78, 5) is 60.5. The Hall–Kier alpha value is -3.99. The fourth-order valence-electron chi connectivity index (χ4n) is 4.47. The van der Waals surface area contributed by atoms with Crippen LogP contribution in [-0.2, 0) is 19.1 Å². The van der Waals surface area contributed by atoms with Gasteiger partial charge < -0.3 is 25.2 Å². The number of piperazine rings is 2. The first-order valence-corrected chi connectivity index (χ1v) is 12.5. The predicted octanol–water partition coefficient (Wildman–Crippen LogP) is 0.736. The third-order valence-corrected chi connectivity index (χ3v) is 6.41. The molecule has 37 heavy (non-hydrogen) atoms. The number of hydrogen-bond acceptors (Lipinski definition) is 8. The summed E-state index contributed by atoms with van der Waals surface area (Å²) in [6.45, 7) is 5.82. The molecule has 4 rings (SSSR count). The molecule has 1 aromatic heterocycles. The van der Waals surface area contributed by atoms with Crippen LogP contribution in [-0.4, -0.2) is 96.9 Å². The van der Waals surface area contributed by atoms with Crippen molar-refractivity contribution in [2.24, 2.45) is 0 Å². The Balaban J connectivity index is 1.30. The fraction of sp³-hybridized carbons (Fsp3) is 0.423. The zero-order valence-corrected chi connectivity index (χ0v) is 20.9. The summed E-state index contributed by atoms with van der Waals surface area (Å²) >= 11 is 0. The Kier molecular flexibility index (Phi) is 8.68. The standard InChI is InChI=1S/C26H32N6O5/c1-2-37-26(36)19-6-8-20(9-7-19)29-23(33)17-21-25(35)28-11-12-32(21)24(34)18-30-13-15-31(16-14-30)22-5-3-4-10-27-22/h3-10,21H,2,11-18H2,1H3,(H,28,35)(H,29,33)/t21-/m0/s1. The van der Waals surface area contributed by atoms with Gasteiger partial charge in [-0.1, -0.05) is 6.07 Å². The van der Waals surface area contributed by atoms with Crippen LogP contribution in [0.3, 0.4) is 0 Å². The number of hydrogen-bond donors (Lipinski definition) is 2. The molecule has 0 bridgehead atoms. The zero-order valence-electron chi connectivity index (χ0n) is 20.9. The second kappa shape index (κ2) is 12.3. The molecule has 3 amide bonds. The minimum Gasteiger partial charge on any atom is -0.462 e. The number of pyridine rings is 1. The van der Waals surface area contributed by atoms with Crippen molar-refractivity contribution in [3.63, 3.8) is 0 Å². The second-order valence-electron chi connectivity index (χ2n) is 8.90. The molecular weight excluding hydrogens is 476 g/mol. The highest BCUT2D eigenvalue weighted by atomic mass is 16.5. The van der Waals surface area contributed by atoms with Gasteiger partial charge in [-0.05, 0) is 43.3 Å². The second-order valence-corrected chi connectivity index (χ2v) is 8.90. The molecule has 1 aromatic carbocycles. The Labute approximate surface area is 215 Å². The van der Waals surface area contributed by atoms with Crippen LogP contribution in [0.4, 0.5) is 11.5 Å². The predicted molar refractivity (Wildman–Crippen MR) is 137 cm³/mol. The lowest BCUT2D eigenvalue weighted by atomic mass is 10.1. The van der Waals surface area contributed by atoms with E-state index in [2.05, 4.69) is 25.4 Å². The molecule has 2 fully saturated rings. The smallest absolute Gasteiger partial charge is 0.338 e. The van der Waals surface area contributed by atoms with Crippen LogP contribution in [0.25, 0.3) is 0 Å². The van der Waals surface area contributed by atoms with Crippen LogP contribution < -0.4 is 15.5 Å². The summed E-state index contributed by atoms with van der Waals surface area (Å²) < 4.78 is 4.96. The Bertz CT molecular complexity index is 1100. The van der Waals surface area contributed by atoms with Gasteiger partial charge in [0.2, 0.25) is 17.7 Å². The molecule has 2 saturated heterocycles. The molecule has 0 aliphatic carbocycles. The van der Waals surface area contributed by atoms with Gasteiger partial charge in [-0.3, -0.25) is 19.3 Å². The quantitative estimate of drug-likeness (QED) is 0.501. The van der Waals surface area contributed by atoms with Gasteiger partial charge in [-0.2, -0.15) is 0 Å². The maximum atomic E-state index is 13.2. The molecule has 0 spiro atoms. The number of benzene rings is 1. The number of nitrogens with one attached hydrogen (secondary N) is 2. The van der Waals surface area contributed by atoms with Gasteiger partial charge in [0.1, 0.15) is 11.9 Å². The maximum Gasteiger partial charge on any atom is 0.338 e. The monoisotopic (exact) mass is 508 g/mol. The summed E-state index contributed by atoms with van der Waals surface area (Å²) in [5, 5.41) is 5.49. The number of nitrogens with zero attached hydrogens (tertiary/aromatic N) is 4. The maximum absolute atomic E-state index is 13.2. The topological polar surface area (TPSA) is 124 Å². The van der Waals surface area contributed by atoms with E-state index in [1.54, 1.807) is 37.4 Å². The first-order chi connectivity index (χ1) is 17.9. The molecule has 2 aliphatic heterocycles. The van der Waals surface area contributed by atoms with Gasteiger partial charge in [0.15, 0.2) is 0 Å². The molecule has 2 aromatic rings. The summed E-state index contributed by atoms with van der Waals surface area (Å²) in [5.41, 5.74) is 0.863. The van der Waals surface area contributed by atoms with Crippen LogP contribution >= 0.6 is 0 Å². The van der Waals surface area contributed by atoms with E-state index in [0.29, 0.717) is 37.4 Å². The van der Waals surface area contributed by atoms with Crippen molar-refractivity contribution in [3.8, 4) is 0 Å². The Morgan fingerprint density at radius 3 is 2.49 bits per heavy atom. The summed E-state index contributed by atoms with van der Waals surface area (Å²) in [7, 11) is 0. The normalized spacial score (nSPS) is 18.2. The first kappa shape index (κ1) is 26.1. The van der Waals surface area contributed by atoms with Crippen molar-refractivity contribution in [1.29, 1.82) is 0 Å². The minimum atomic E-state index is -0.880. The largest absolute Gasteiger partial charge is 0.462 e. The average molecular weight is 509 g/mol. The van der Waals surface area contributed by atoms with Crippen LogP contribution in [0.1, 0.15) is 23.7 Å². The van der Waals surface area contributed by atoms with E-state index in [1.165, 1.54) is 4.90 Å². The SMILES string of the molecule is CCOC(=O)c1ccc(NC(=O)C[C@H]2C(=O)NCCN2C(=O)CN2CCN(c3ccccn3)CC2)cc1. The number of rotatable bonds is 8. The van der Waals surface area contributed by atoms with Gasteiger partial charge in [-0.15, -0.1) is 0 Å². The molecular formula is C26H32N6O5. The van der Waals surface area contributed by atoms with E-state index in [-0.39, 0.29) is 31.4 Å². The van der Waals surface area contributed by atoms with Gasteiger partial charge >= 0.3 is 5.97 Å². The molecule has 2 N–H and O–H groups in total. The number of aromatic nitrogens is 1. The number of ether oxygens (including phenoxy) is 1. The van der Waals surface area contributed by atoms with Crippen molar-refractivity contribution in [1.82, 2.24) is 20.1 Å². The summed E-state index contributed by atoms with van der Waals surface area (Å²) in [5.74, 6) is -0.424. The number of amides is 3. The Morgan fingerprint density at radius 1 is 1.05 bits per heavy atom. The number of carbonyl (C=O) groups excluding carboxylic acids is 4. The Morgan fingerprint density at radius 2 is 1.81 bits per heavy atom. The van der Waals surface area contributed by atoms with Crippen LogP contribution in [0.15, 0.2) is 48.7 Å². The molecule has 0 saturated carbocycles. The van der Waals surface area contributed by atoms with Crippen molar-refractivity contribution in [3.05, 3.63) is 54.2 Å². The highest BCUT2D eigenvalue weighted by Gasteiger charge is 2.35. The van der Waals surface area contributed by atoms with Crippen LogP contribution in [0, 0.1) is 0 Å². The molecule has 0 radical (unpaired) electrons. The molecule has 3 heterocycles. The molecule has 11 nitrogen and oxygen atoms in total. The molecule has 196 valence electrons. The lowest BCUT2D eigenvalue weighted by Crippen LogP contribution is -2.60. The highest BCUT2D eigenvalue weighted by Crippen LogP contribution is 2.16. The van der Waals surface area contributed by atoms with Crippen molar-refractivity contribution < 1.29 is 23.9 Å². The van der Waals surface area contributed by atoms with Gasteiger partial charge in [0, 0.05) is 51.2 Å². The van der Waals surface area contributed by atoms with Crippen molar-refractivity contribution in [2.75, 3.05) is 62.6 Å². The third-order valence-electron chi connectivity index (χ3n) is 6.41. The number of anilines is 2.